The Hall–Kier alpha value is -0.610. The molecule has 4 nitrogen and oxygen atoms in total. The third kappa shape index (κ3) is 3.69. The van der Waals surface area contributed by atoms with Gasteiger partial charge in [0.25, 0.3) is 0 Å². The number of nitrogens with zero attached hydrogens (tertiary/aromatic N) is 2. The van der Waals surface area contributed by atoms with E-state index >= 15 is 0 Å². The normalized spacial score (nSPS) is 23.0. The average molecular weight is 267 g/mol. The fourth-order valence-electron chi connectivity index (χ4n) is 3.39. The van der Waals surface area contributed by atoms with E-state index in [4.69, 9.17) is 0 Å². The van der Waals surface area contributed by atoms with Crippen molar-refractivity contribution >= 4 is 5.91 Å². The van der Waals surface area contributed by atoms with Gasteiger partial charge in [-0.2, -0.15) is 0 Å². The van der Waals surface area contributed by atoms with E-state index < -0.39 is 0 Å². The van der Waals surface area contributed by atoms with Crippen LogP contribution in [0.1, 0.15) is 39.5 Å². The van der Waals surface area contributed by atoms with Gasteiger partial charge in [0.15, 0.2) is 0 Å². The summed E-state index contributed by atoms with van der Waals surface area (Å²) in [7, 11) is 0. The first-order valence-corrected chi connectivity index (χ1v) is 7.99. The molecule has 0 radical (unpaired) electrons. The Morgan fingerprint density at radius 3 is 2.21 bits per heavy atom. The third-order valence-electron chi connectivity index (χ3n) is 4.78. The summed E-state index contributed by atoms with van der Waals surface area (Å²) < 4.78 is 0. The number of likely N-dealkylation sites (tertiary alicyclic amines) is 1. The van der Waals surface area contributed by atoms with Gasteiger partial charge in [-0.3, -0.25) is 9.69 Å². The Labute approximate surface area is 117 Å². The molecule has 0 spiro atoms. The van der Waals surface area contributed by atoms with Gasteiger partial charge >= 0.3 is 0 Å². The summed E-state index contributed by atoms with van der Waals surface area (Å²) in [5.74, 6) is 0.638. The van der Waals surface area contributed by atoms with Crippen molar-refractivity contribution in [2.45, 2.75) is 45.6 Å². The molecule has 2 aliphatic heterocycles. The molecule has 4 heteroatoms. The summed E-state index contributed by atoms with van der Waals surface area (Å²) in [6.07, 6.45) is 4.28. The number of hydrogen-bond donors (Lipinski definition) is 1. The van der Waals surface area contributed by atoms with Gasteiger partial charge in [-0.1, -0.05) is 13.8 Å². The molecule has 2 fully saturated rings. The second kappa shape index (κ2) is 7.25. The van der Waals surface area contributed by atoms with E-state index in [0.29, 0.717) is 11.9 Å². The summed E-state index contributed by atoms with van der Waals surface area (Å²) in [5.41, 5.74) is 0. The predicted octanol–water partition coefficient (Wildman–Crippen LogP) is 1.32. The number of rotatable bonds is 4. The van der Waals surface area contributed by atoms with Crippen molar-refractivity contribution in [3.63, 3.8) is 0 Å². The molecule has 2 aliphatic rings. The van der Waals surface area contributed by atoms with Crippen LogP contribution in [0.5, 0.6) is 0 Å². The van der Waals surface area contributed by atoms with E-state index in [0.717, 1.165) is 51.9 Å². The fraction of sp³-hybridized carbons (Fsp3) is 0.933. The van der Waals surface area contributed by atoms with E-state index in [9.17, 15) is 4.79 Å². The van der Waals surface area contributed by atoms with Gasteiger partial charge < -0.3 is 10.2 Å². The lowest BCUT2D eigenvalue weighted by molar-refractivity contribution is -0.137. The summed E-state index contributed by atoms with van der Waals surface area (Å²) in [6.45, 7) is 10.8. The fourth-order valence-corrected chi connectivity index (χ4v) is 3.39. The van der Waals surface area contributed by atoms with Gasteiger partial charge in [-0.05, 0) is 25.7 Å². The maximum atomic E-state index is 12.3. The van der Waals surface area contributed by atoms with Gasteiger partial charge in [-0.15, -0.1) is 0 Å². The number of piperidine rings is 1. The summed E-state index contributed by atoms with van der Waals surface area (Å²) in [4.78, 5) is 17.1. The maximum Gasteiger partial charge on any atom is 0.225 e. The van der Waals surface area contributed by atoms with Crippen molar-refractivity contribution in [3.05, 3.63) is 0 Å². The van der Waals surface area contributed by atoms with Crippen LogP contribution < -0.4 is 5.32 Å². The van der Waals surface area contributed by atoms with Crippen molar-refractivity contribution in [1.29, 1.82) is 0 Å². The number of nitrogens with one attached hydrogen (secondary N) is 1. The van der Waals surface area contributed by atoms with Crippen LogP contribution in [0.15, 0.2) is 0 Å². The number of carbonyl (C=O) groups excluding carboxylic acids is 1. The molecule has 0 aromatic rings. The zero-order valence-corrected chi connectivity index (χ0v) is 12.5. The lowest BCUT2D eigenvalue weighted by Gasteiger charge is -2.41. The molecule has 0 saturated carbocycles. The van der Waals surface area contributed by atoms with Crippen molar-refractivity contribution in [2.75, 3.05) is 39.3 Å². The molecule has 0 aliphatic carbocycles. The Morgan fingerprint density at radius 2 is 1.68 bits per heavy atom. The lowest BCUT2D eigenvalue weighted by atomic mass is 9.97. The topological polar surface area (TPSA) is 35.6 Å². The minimum absolute atomic E-state index is 0.246. The Bertz CT molecular complexity index is 277. The third-order valence-corrected chi connectivity index (χ3v) is 4.78. The van der Waals surface area contributed by atoms with Crippen molar-refractivity contribution < 1.29 is 4.79 Å². The minimum atomic E-state index is 0.246. The van der Waals surface area contributed by atoms with Crippen molar-refractivity contribution in [2.24, 2.45) is 5.92 Å². The SMILES string of the molecule is CCC(CC)C(=O)N1CCC(N2CCNCC2)CC1. The van der Waals surface area contributed by atoms with Crippen LogP contribution in [-0.4, -0.2) is 61.0 Å². The summed E-state index contributed by atoms with van der Waals surface area (Å²) >= 11 is 0. The van der Waals surface area contributed by atoms with Crippen molar-refractivity contribution in [3.8, 4) is 0 Å². The van der Waals surface area contributed by atoms with E-state index in [2.05, 4.69) is 29.0 Å². The Balaban J connectivity index is 1.79. The van der Waals surface area contributed by atoms with Crippen LogP contribution in [0, 0.1) is 5.92 Å². The zero-order valence-electron chi connectivity index (χ0n) is 12.5. The predicted molar refractivity (Wildman–Crippen MR) is 78.1 cm³/mol. The van der Waals surface area contributed by atoms with Gasteiger partial charge in [-0.25, -0.2) is 0 Å². The second-order valence-corrected chi connectivity index (χ2v) is 5.86. The zero-order chi connectivity index (χ0) is 13.7. The quantitative estimate of drug-likeness (QED) is 0.834. The van der Waals surface area contributed by atoms with Crippen LogP contribution in [0.3, 0.4) is 0 Å². The summed E-state index contributed by atoms with van der Waals surface area (Å²) in [5, 5.41) is 3.40. The van der Waals surface area contributed by atoms with Crippen LogP contribution in [-0.2, 0) is 4.79 Å². The van der Waals surface area contributed by atoms with Crippen LogP contribution in [0.2, 0.25) is 0 Å². The van der Waals surface area contributed by atoms with Gasteiger partial charge in [0, 0.05) is 51.2 Å². The molecule has 0 atom stereocenters. The largest absolute Gasteiger partial charge is 0.342 e. The van der Waals surface area contributed by atoms with E-state index in [1.54, 1.807) is 0 Å². The Morgan fingerprint density at radius 1 is 1.11 bits per heavy atom. The molecular weight excluding hydrogens is 238 g/mol. The van der Waals surface area contributed by atoms with Crippen LogP contribution >= 0.6 is 0 Å². The Kier molecular flexibility index (Phi) is 5.64. The number of piperazine rings is 1. The van der Waals surface area contributed by atoms with Crippen LogP contribution in [0.4, 0.5) is 0 Å². The molecule has 0 aromatic heterocycles. The molecular formula is C15H29N3O. The number of hydrogen-bond acceptors (Lipinski definition) is 3. The van der Waals surface area contributed by atoms with Gasteiger partial charge in [0.05, 0.1) is 0 Å². The lowest BCUT2D eigenvalue weighted by Crippen LogP contribution is -2.53. The van der Waals surface area contributed by atoms with E-state index in [1.807, 2.05) is 0 Å². The monoisotopic (exact) mass is 267 g/mol. The standard InChI is InChI=1S/C15H29N3O/c1-3-13(4-2)15(19)18-9-5-14(6-10-18)17-11-7-16-8-12-17/h13-14,16H,3-12H2,1-2H3. The molecule has 0 aromatic carbocycles. The first-order valence-electron chi connectivity index (χ1n) is 7.99. The molecule has 1 N–H and O–H groups in total. The first-order chi connectivity index (χ1) is 9.26. The maximum absolute atomic E-state index is 12.3. The van der Waals surface area contributed by atoms with Crippen molar-refractivity contribution in [1.82, 2.24) is 15.1 Å². The van der Waals surface area contributed by atoms with Crippen LogP contribution in [0.25, 0.3) is 0 Å². The van der Waals surface area contributed by atoms with E-state index in [-0.39, 0.29) is 5.92 Å². The highest BCUT2D eigenvalue weighted by atomic mass is 16.2. The number of amides is 1. The number of carbonyl (C=O) groups is 1. The molecule has 0 unspecified atom stereocenters. The molecule has 2 saturated heterocycles. The minimum Gasteiger partial charge on any atom is -0.342 e. The van der Waals surface area contributed by atoms with E-state index in [1.165, 1.54) is 13.1 Å². The molecule has 2 rings (SSSR count). The molecule has 19 heavy (non-hydrogen) atoms. The first kappa shape index (κ1) is 14.8. The smallest absolute Gasteiger partial charge is 0.225 e. The highest BCUT2D eigenvalue weighted by Gasteiger charge is 2.29. The molecule has 2 heterocycles. The highest BCUT2D eigenvalue weighted by Crippen LogP contribution is 2.20. The highest BCUT2D eigenvalue weighted by molar-refractivity contribution is 5.78. The molecule has 1 amide bonds. The second-order valence-electron chi connectivity index (χ2n) is 5.86. The van der Waals surface area contributed by atoms with Gasteiger partial charge in [0.1, 0.15) is 0 Å². The molecule has 110 valence electrons. The summed E-state index contributed by atoms with van der Waals surface area (Å²) in [6, 6.07) is 0.702. The average Bonchev–Trinajstić information content (AvgIpc) is 2.49. The molecule has 0 bridgehead atoms. The van der Waals surface area contributed by atoms with Gasteiger partial charge in [0.2, 0.25) is 5.91 Å².